The fourth-order valence-electron chi connectivity index (χ4n) is 10.5. The molecule has 14 heteroatoms. The van der Waals surface area contributed by atoms with Crippen LogP contribution in [0.4, 0.5) is 4.79 Å². The molecule has 378 valence electrons. The number of hydrogen-bond donors (Lipinski definition) is 1. The molecule has 0 unspecified atom stereocenters. The summed E-state index contributed by atoms with van der Waals surface area (Å²) in [4.78, 5) is 67.6. The molecule has 12 nitrogen and oxygen atoms in total. The first-order valence-electron chi connectivity index (χ1n) is 24.9. The van der Waals surface area contributed by atoms with Crippen LogP contribution in [-0.4, -0.2) is 120 Å². The monoisotopic (exact) mass is 994 g/mol. The number of thiazole rings is 1. The van der Waals surface area contributed by atoms with Gasteiger partial charge in [-0.1, -0.05) is 132 Å². The van der Waals surface area contributed by atoms with Gasteiger partial charge in [0.1, 0.15) is 11.6 Å². The highest BCUT2D eigenvalue weighted by Crippen LogP contribution is 2.45. The van der Waals surface area contributed by atoms with Crippen molar-refractivity contribution in [1.82, 2.24) is 25.0 Å². The number of aromatic nitrogens is 1. The van der Waals surface area contributed by atoms with E-state index in [4.69, 9.17) is 26.4 Å². The van der Waals surface area contributed by atoms with Crippen LogP contribution in [0.15, 0.2) is 90.4 Å². The normalized spacial score (nSPS) is 17.7. The molecule has 3 aromatic carbocycles. The summed E-state index contributed by atoms with van der Waals surface area (Å²) in [5, 5.41) is 6.53. The van der Waals surface area contributed by atoms with E-state index < -0.39 is 29.7 Å². The Morgan fingerprint density at radius 3 is 2.10 bits per heavy atom. The standard InChI is InChI=1S/C56H75N5O7S2/c1-12-36(4)50(47(66-10)33-49(63)61-29-20-27-46(61)51(67-11)37(5)52(69)58-45(53-57-28-30-70-53)31-38-21-14-13-15-22-38)59(8)54(64)43(35(2)3)32-48(62)56(6,7)60(9)55(65)68-34-44-41-25-18-16-23-39(41)40-24-17-19-26-42(40)44/h13-19,21-26,28,30,35-37,43-47,50-51H,12,20,27,29,31-34H2,1-11H3,(H,58,69)/t36-,37+,43-,45-,46-,47+,50-,51+/m0/s1. The van der Waals surface area contributed by atoms with E-state index in [1.54, 1.807) is 58.4 Å². The van der Waals surface area contributed by atoms with Gasteiger partial charge in [0.2, 0.25) is 11.8 Å². The SMILES string of the molecule is CC[C@H](C)[C@@H]([C@@H](CC(=O)N1CCC[C@H]1[C@H](OC)[C@@H](C)C(=S)N[C@@H](Cc1ccccc1)c1nccs1)OC)N(C)C(=O)[C@@H](CC(=O)C(C)(C)N(C)C(=O)OCC1c2ccccc2-c2ccccc21)C(C)C. The summed E-state index contributed by atoms with van der Waals surface area (Å²) < 4.78 is 18.3. The number of carbonyl (C=O) groups is 4. The molecule has 1 aliphatic heterocycles. The van der Waals surface area contributed by atoms with Crippen LogP contribution < -0.4 is 5.32 Å². The molecule has 0 spiro atoms. The minimum absolute atomic E-state index is 0.0439. The van der Waals surface area contributed by atoms with Gasteiger partial charge in [-0.15, -0.1) is 11.3 Å². The quantitative estimate of drug-likeness (QED) is 0.0717. The lowest BCUT2D eigenvalue weighted by atomic mass is 9.82. The first kappa shape index (κ1) is 54.3. The Balaban J connectivity index is 1.10. The highest BCUT2D eigenvalue weighted by Gasteiger charge is 2.44. The maximum Gasteiger partial charge on any atom is 0.410 e. The molecule has 1 saturated heterocycles. The second-order valence-electron chi connectivity index (χ2n) is 20.1. The average Bonchev–Trinajstić information content (AvgIpc) is 4.15. The van der Waals surface area contributed by atoms with Crippen molar-refractivity contribution < 1.29 is 33.4 Å². The van der Waals surface area contributed by atoms with E-state index in [0.29, 0.717) is 18.0 Å². The Kier molecular flexibility index (Phi) is 18.9. The van der Waals surface area contributed by atoms with Crippen molar-refractivity contribution in [1.29, 1.82) is 0 Å². The minimum Gasteiger partial charge on any atom is -0.448 e. The van der Waals surface area contributed by atoms with Gasteiger partial charge in [-0.3, -0.25) is 19.3 Å². The Morgan fingerprint density at radius 1 is 0.900 bits per heavy atom. The summed E-state index contributed by atoms with van der Waals surface area (Å²) in [7, 11) is 6.61. The summed E-state index contributed by atoms with van der Waals surface area (Å²) in [5.74, 6) is -1.82. The van der Waals surface area contributed by atoms with Crippen LogP contribution in [0.25, 0.3) is 11.1 Å². The van der Waals surface area contributed by atoms with Crippen LogP contribution in [0, 0.1) is 23.7 Å². The zero-order valence-electron chi connectivity index (χ0n) is 43.1. The summed E-state index contributed by atoms with van der Waals surface area (Å²) in [6.45, 7) is 14.2. The predicted octanol–water partition coefficient (Wildman–Crippen LogP) is 10.2. The number of likely N-dealkylation sites (N-methyl/N-ethyl adjacent to an activating group) is 2. The number of methoxy groups -OCH3 is 2. The summed E-state index contributed by atoms with van der Waals surface area (Å²) >= 11 is 7.67. The number of rotatable bonds is 23. The smallest absolute Gasteiger partial charge is 0.410 e. The van der Waals surface area contributed by atoms with Crippen molar-refractivity contribution in [2.45, 2.75) is 129 Å². The molecule has 0 bridgehead atoms. The molecule has 1 aliphatic carbocycles. The number of likely N-dealkylation sites (tertiary alicyclic amines) is 1. The lowest BCUT2D eigenvalue weighted by Crippen LogP contribution is -2.55. The molecular formula is C56H75N5O7S2. The van der Waals surface area contributed by atoms with E-state index in [9.17, 15) is 19.2 Å². The highest BCUT2D eigenvalue weighted by atomic mass is 32.1. The van der Waals surface area contributed by atoms with E-state index in [0.717, 1.165) is 46.5 Å². The topological polar surface area (TPSA) is 131 Å². The maximum absolute atomic E-state index is 14.8. The van der Waals surface area contributed by atoms with Crippen molar-refractivity contribution in [2.24, 2.45) is 23.7 Å². The number of hydrogen-bond acceptors (Lipinski definition) is 10. The van der Waals surface area contributed by atoms with Gasteiger partial charge in [0, 0.05) is 70.6 Å². The summed E-state index contributed by atoms with van der Waals surface area (Å²) in [6, 6.07) is 25.8. The third-order valence-corrected chi connectivity index (χ3v) is 16.6. The number of fused-ring (bicyclic) bond motifs is 3. The lowest BCUT2D eigenvalue weighted by Gasteiger charge is -2.41. The van der Waals surface area contributed by atoms with Crippen molar-refractivity contribution >= 4 is 52.2 Å². The molecule has 70 heavy (non-hydrogen) atoms. The Morgan fingerprint density at radius 2 is 1.53 bits per heavy atom. The van der Waals surface area contributed by atoms with Gasteiger partial charge in [-0.05, 0) is 72.8 Å². The second kappa shape index (κ2) is 24.4. The second-order valence-corrected chi connectivity index (χ2v) is 21.5. The maximum atomic E-state index is 14.8. The van der Waals surface area contributed by atoms with Gasteiger partial charge in [0.25, 0.3) is 0 Å². The number of carbonyl (C=O) groups excluding carboxylic acids is 4. The molecule has 2 aliphatic rings. The number of nitrogens with one attached hydrogen (secondary N) is 1. The van der Waals surface area contributed by atoms with E-state index in [-0.39, 0.29) is 78.9 Å². The largest absolute Gasteiger partial charge is 0.448 e. The molecule has 1 fully saturated rings. The molecule has 1 aromatic heterocycles. The first-order valence-corrected chi connectivity index (χ1v) is 26.2. The van der Waals surface area contributed by atoms with E-state index in [1.807, 2.05) is 72.8 Å². The van der Waals surface area contributed by atoms with Crippen LogP contribution in [-0.2, 0) is 35.0 Å². The van der Waals surface area contributed by atoms with Gasteiger partial charge in [0.05, 0.1) is 47.3 Å². The Labute approximate surface area is 425 Å². The van der Waals surface area contributed by atoms with Gasteiger partial charge < -0.3 is 29.3 Å². The van der Waals surface area contributed by atoms with Crippen molar-refractivity contribution in [2.75, 3.05) is 41.5 Å². The number of ether oxygens (including phenoxy) is 3. The number of benzene rings is 3. The molecule has 4 aromatic rings. The van der Waals surface area contributed by atoms with Gasteiger partial charge in [-0.2, -0.15) is 0 Å². The zero-order chi connectivity index (χ0) is 50.9. The van der Waals surface area contributed by atoms with Crippen molar-refractivity contribution in [3.05, 3.63) is 112 Å². The Hall–Kier alpha value is -5.02. The van der Waals surface area contributed by atoms with Crippen LogP contribution >= 0.6 is 23.6 Å². The number of ketones is 1. The minimum atomic E-state index is -1.28. The van der Waals surface area contributed by atoms with Crippen LogP contribution in [0.2, 0.25) is 0 Å². The molecular weight excluding hydrogens is 919 g/mol. The number of nitrogens with zero attached hydrogens (tertiary/aromatic N) is 4. The molecule has 6 rings (SSSR count). The van der Waals surface area contributed by atoms with E-state index in [2.05, 4.69) is 67.5 Å². The third kappa shape index (κ3) is 12.2. The first-order chi connectivity index (χ1) is 33.4. The molecule has 0 saturated carbocycles. The summed E-state index contributed by atoms with van der Waals surface area (Å²) in [5.41, 5.74) is 4.35. The molecule has 8 atom stereocenters. The fourth-order valence-corrected chi connectivity index (χ4v) is 11.5. The zero-order valence-corrected chi connectivity index (χ0v) is 44.7. The van der Waals surface area contributed by atoms with Gasteiger partial charge >= 0.3 is 6.09 Å². The fraction of sp³-hybridized carbons (Fsp3) is 0.536. The molecule has 0 radical (unpaired) electrons. The molecule has 1 N–H and O–H groups in total. The average molecular weight is 994 g/mol. The Bertz CT molecular complexity index is 2350. The van der Waals surface area contributed by atoms with Crippen LogP contribution in [0.5, 0.6) is 0 Å². The lowest BCUT2D eigenvalue weighted by molar-refractivity contribution is -0.149. The number of Topliss-reactive ketones (excluding diaryl/α,β-unsaturated/α-hetero) is 1. The van der Waals surface area contributed by atoms with Crippen LogP contribution in [0.3, 0.4) is 0 Å². The van der Waals surface area contributed by atoms with Crippen LogP contribution in [0.1, 0.15) is 114 Å². The highest BCUT2D eigenvalue weighted by molar-refractivity contribution is 7.80. The van der Waals surface area contributed by atoms with E-state index >= 15 is 0 Å². The third-order valence-electron chi connectivity index (χ3n) is 15.3. The number of amides is 3. The summed E-state index contributed by atoms with van der Waals surface area (Å²) in [6.07, 6.45) is 3.19. The van der Waals surface area contributed by atoms with Crippen molar-refractivity contribution in [3.63, 3.8) is 0 Å². The molecule has 2 heterocycles. The van der Waals surface area contributed by atoms with Gasteiger partial charge in [-0.25, -0.2) is 9.78 Å². The van der Waals surface area contributed by atoms with E-state index in [1.165, 1.54) is 10.5 Å². The number of thiocarbonyl (C=S) groups is 1. The molecule has 3 amide bonds. The predicted molar refractivity (Wildman–Crippen MR) is 282 cm³/mol. The van der Waals surface area contributed by atoms with Gasteiger partial charge in [0.15, 0.2) is 5.78 Å². The van der Waals surface area contributed by atoms with Crippen molar-refractivity contribution in [3.8, 4) is 11.1 Å².